The van der Waals surface area contributed by atoms with Crippen LogP contribution < -0.4 is 0 Å². The molecule has 4 rings (SSSR count). The van der Waals surface area contributed by atoms with Crippen LogP contribution >= 0.6 is 0 Å². The lowest BCUT2D eigenvalue weighted by molar-refractivity contribution is -0.189. The van der Waals surface area contributed by atoms with Crippen LogP contribution in [0.2, 0.25) is 0 Å². The Morgan fingerprint density at radius 3 is 2.23 bits per heavy atom. The minimum Gasteiger partial charge on any atom is -0.352 e. The first-order valence-corrected chi connectivity index (χ1v) is 12.2. The zero-order valence-corrected chi connectivity index (χ0v) is 20.0. The highest BCUT2D eigenvalue weighted by molar-refractivity contribution is 5.71. The van der Waals surface area contributed by atoms with Gasteiger partial charge in [0.05, 0.1) is 13.2 Å². The number of aryl methyl sites for hydroxylation is 1. The van der Waals surface area contributed by atoms with Crippen molar-refractivity contribution in [2.75, 3.05) is 13.2 Å². The van der Waals surface area contributed by atoms with E-state index in [1.54, 1.807) is 42.5 Å². The van der Waals surface area contributed by atoms with Crippen molar-refractivity contribution in [1.82, 2.24) is 0 Å². The van der Waals surface area contributed by atoms with Gasteiger partial charge in [0.2, 0.25) is 0 Å². The van der Waals surface area contributed by atoms with E-state index in [1.807, 2.05) is 19.1 Å². The van der Waals surface area contributed by atoms with Crippen LogP contribution in [0.4, 0.5) is 13.2 Å². The average Bonchev–Trinajstić information content (AvgIpc) is 2.89. The molecule has 3 aromatic rings. The second-order valence-electron chi connectivity index (χ2n) is 8.98. The lowest BCUT2D eigenvalue weighted by atomic mass is 9.94. The molecule has 184 valence electrons. The van der Waals surface area contributed by atoms with Crippen LogP contribution in [0.1, 0.15) is 49.7 Å². The van der Waals surface area contributed by atoms with E-state index in [-0.39, 0.29) is 23.6 Å². The van der Waals surface area contributed by atoms with Crippen molar-refractivity contribution in [2.45, 2.75) is 51.2 Å². The van der Waals surface area contributed by atoms with Gasteiger partial charge in [-0.3, -0.25) is 0 Å². The molecule has 0 aromatic heterocycles. The lowest BCUT2D eigenvalue weighted by Crippen LogP contribution is -2.31. The van der Waals surface area contributed by atoms with E-state index < -0.39 is 11.6 Å². The molecule has 1 aliphatic heterocycles. The summed E-state index contributed by atoms with van der Waals surface area (Å²) >= 11 is 0. The summed E-state index contributed by atoms with van der Waals surface area (Å²) in [4.78, 5) is 0. The van der Waals surface area contributed by atoms with Gasteiger partial charge in [-0.15, -0.1) is 6.58 Å². The van der Waals surface area contributed by atoms with Gasteiger partial charge in [0, 0.05) is 17.9 Å². The maximum atomic E-state index is 15.0. The molecule has 0 aliphatic carbocycles. The van der Waals surface area contributed by atoms with E-state index >= 15 is 0 Å². The van der Waals surface area contributed by atoms with Crippen LogP contribution in [-0.4, -0.2) is 19.5 Å². The number of benzene rings is 3. The molecule has 0 radical (unpaired) electrons. The number of hydrogen-bond acceptors (Lipinski definition) is 2. The molecule has 0 bridgehead atoms. The number of rotatable bonds is 9. The fourth-order valence-electron chi connectivity index (χ4n) is 4.40. The van der Waals surface area contributed by atoms with Crippen LogP contribution in [0.25, 0.3) is 22.3 Å². The summed E-state index contributed by atoms with van der Waals surface area (Å²) in [7, 11) is 0. The van der Waals surface area contributed by atoms with Crippen molar-refractivity contribution >= 4 is 0 Å². The standard InChI is InChI=1S/C30H31F3O2/c1-3-5-7-22-13-16-26(30(33)29(22)32)21-11-9-20(10-12-21)23-14-15-25(27(31)17-23)24-18-34-28(35-19-24)8-6-4-2/h4,9-17,24,28H,2-3,5-8,18-19H2,1H3. The van der Waals surface area contributed by atoms with Crippen LogP contribution in [0.15, 0.2) is 67.3 Å². The first-order valence-electron chi connectivity index (χ1n) is 12.2. The molecule has 1 saturated heterocycles. The smallest absolute Gasteiger partial charge is 0.166 e. The highest BCUT2D eigenvalue weighted by Gasteiger charge is 2.25. The summed E-state index contributed by atoms with van der Waals surface area (Å²) in [6, 6.07) is 15.5. The molecule has 2 nitrogen and oxygen atoms in total. The fourth-order valence-corrected chi connectivity index (χ4v) is 4.40. The molecule has 0 N–H and O–H groups in total. The Hall–Kier alpha value is -2.89. The van der Waals surface area contributed by atoms with Crippen LogP contribution in [0.3, 0.4) is 0 Å². The Kier molecular flexibility index (Phi) is 8.42. The lowest BCUT2D eigenvalue weighted by Gasteiger charge is -2.29. The average molecular weight is 481 g/mol. The number of allylic oxidation sites excluding steroid dienone is 1. The first kappa shape index (κ1) is 25.2. The second-order valence-corrected chi connectivity index (χ2v) is 8.98. The Morgan fingerprint density at radius 1 is 0.886 bits per heavy atom. The quantitative estimate of drug-likeness (QED) is 0.287. The minimum absolute atomic E-state index is 0.162. The van der Waals surface area contributed by atoms with Crippen molar-refractivity contribution in [1.29, 1.82) is 0 Å². The molecule has 35 heavy (non-hydrogen) atoms. The van der Waals surface area contributed by atoms with Gasteiger partial charge in [-0.25, -0.2) is 13.2 Å². The maximum Gasteiger partial charge on any atom is 0.166 e. The summed E-state index contributed by atoms with van der Waals surface area (Å²) in [5, 5.41) is 0. The Labute approximate surface area is 205 Å². The molecule has 1 aliphatic rings. The molecule has 5 heteroatoms. The van der Waals surface area contributed by atoms with Gasteiger partial charge in [0.25, 0.3) is 0 Å². The zero-order valence-electron chi connectivity index (χ0n) is 20.0. The zero-order chi connectivity index (χ0) is 24.8. The normalized spacial score (nSPS) is 17.9. The summed E-state index contributed by atoms with van der Waals surface area (Å²) in [5.74, 6) is -2.08. The highest BCUT2D eigenvalue weighted by atomic mass is 19.2. The first-order chi connectivity index (χ1) is 17.0. The second kappa shape index (κ2) is 11.7. The number of unbranched alkanes of at least 4 members (excludes halogenated alkanes) is 1. The summed E-state index contributed by atoms with van der Waals surface area (Å²) in [5.41, 5.74) is 3.27. The van der Waals surface area contributed by atoms with Crippen molar-refractivity contribution in [3.8, 4) is 22.3 Å². The van der Waals surface area contributed by atoms with E-state index in [0.29, 0.717) is 41.9 Å². The summed E-state index contributed by atoms with van der Waals surface area (Å²) in [6.07, 6.45) is 5.37. The van der Waals surface area contributed by atoms with E-state index in [4.69, 9.17) is 9.47 Å². The van der Waals surface area contributed by atoms with Crippen LogP contribution in [0.5, 0.6) is 0 Å². The van der Waals surface area contributed by atoms with E-state index in [2.05, 4.69) is 6.58 Å². The van der Waals surface area contributed by atoms with Gasteiger partial charge in [-0.1, -0.05) is 68.0 Å². The van der Waals surface area contributed by atoms with Crippen molar-refractivity contribution < 1.29 is 22.6 Å². The van der Waals surface area contributed by atoms with Crippen molar-refractivity contribution in [3.63, 3.8) is 0 Å². The number of halogens is 3. The molecule has 0 unspecified atom stereocenters. The Balaban J connectivity index is 1.47. The molecular weight excluding hydrogens is 449 g/mol. The van der Waals surface area contributed by atoms with Gasteiger partial charge < -0.3 is 9.47 Å². The summed E-state index contributed by atoms with van der Waals surface area (Å²) < 4.78 is 55.6. The Morgan fingerprint density at radius 2 is 1.57 bits per heavy atom. The topological polar surface area (TPSA) is 18.5 Å². The molecule has 0 amide bonds. The van der Waals surface area contributed by atoms with Gasteiger partial charge in [-0.2, -0.15) is 0 Å². The predicted octanol–water partition coefficient (Wildman–Crippen LogP) is 8.20. The molecule has 1 heterocycles. The maximum absolute atomic E-state index is 15.0. The third kappa shape index (κ3) is 5.85. The van der Waals surface area contributed by atoms with Crippen LogP contribution in [0, 0.1) is 17.5 Å². The van der Waals surface area contributed by atoms with Crippen LogP contribution in [-0.2, 0) is 15.9 Å². The molecule has 0 spiro atoms. The number of hydrogen-bond donors (Lipinski definition) is 0. The monoisotopic (exact) mass is 480 g/mol. The molecule has 0 saturated carbocycles. The van der Waals surface area contributed by atoms with Gasteiger partial charge in [0.15, 0.2) is 17.9 Å². The largest absolute Gasteiger partial charge is 0.352 e. The fraction of sp³-hybridized carbons (Fsp3) is 0.333. The SMILES string of the molecule is C=CCCC1OCC(c2ccc(-c3ccc(-c4ccc(CCCC)c(F)c4F)cc3)cc2F)CO1. The molecular formula is C30H31F3O2. The third-order valence-corrected chi connectivity index (χ3v) is 6.50. The van der Waals surface area contributed by atoms with E-state index in [9.17, 15) is 13.2 Å². The summed E-state index contributed by atoms with van der Waals surface area (Å²) in [6.45, 7) is 6.53. The van der Waals surface area contributed by atoms with Gasteiger partial charge in [-0.05, 0) is 53.1 Å². The van der Waals surface area contributed by atoms with E-state index in [1.165, 1.54) is 6.07 Å². The predicted molar refractivity (Wildman–Crippen MR) is 134 cm³/mol. The minimum atomic E-state index is -0.828. The molecule has 3 aromatic carbocycles. The highest BCUT2D eigenvalue weighted by Crippen LogP contribution is 2.32. The third-order valence-electron chi connectivity index (χ3n) is 6.50. The molecule has 0 atom stereocenters. The Bertz CT molecular complexity index is 1150. The van der Waals surface area contributed by atoms with Gasteiger partial charge in [0.1, 0.15) is 5.82 Å². The molecule has 1 fully saturated rings. The number of ether oxygens (including phenoxy) is 2. The van der Waals surface area contributed by atoms with Crippen molar-refractivity contribution in [3.05, 3.63) is 95.8 Å². The van der Waals surface area contributed by atoms with Crippen molar-refractivity contribution in [2.24, 2.45) is 0 Å². The van der Waals surface area contributed by atoms with Gasteiger partial charge >= 0.3 is 0 Å². The van der Waals surface area contributed by atoms with E-state index in [0.717, 1.165) is 31.2 Å².